The molecule has 238 valence electrons. The average molecular weight is 639 g/mol. The second kappa shape index (κ2) is 13.8. The average Bonchev–Trinajstić information content (AvgIpc) is 3.37. The first-order chi connectivity index (χ1) is 21.2. The maximum Gasteiger partial charge on any atom is 0.306 e. The minimum absolute atomic E-state index is 0.0842. The Morgan fingerprint density at radius 1 is 1.00 bits per heavy atom. The highest BCUT2D eigenvalue weighted by Gasteiger charge is 2.29. The van der Waals surface area contributed by atoms with E-state index in [9.17, 15) is 27.2 Å². The van der Waals surface area contributed by atoms with Gasteiger partial charge in [0.25, 0.3) is 0 Å². The zero-order valence-electron chi connectivity index (χ0n) is 25.7. The van der Waals surface area contributed by atoms with Crippen molar-refractivity contribution in [2.24, 2.45) is 0 Å². The lowest BCUT2D eigenvalue weighted by atomic mass is 9.95. The van der Waals surface area contributed by atoms with Gasteiger partial charge in [0.05, 0.1) is 22.8 Å². The number of ketones is 1. The Morgan fingerprint density at radius 3 is 2.38 bits per heavy atom. The Kier molecular flexibility index (Phi) is 10.3. The lowest BCUT2D eigenvalue weighted by Gasteiger charge is -2.19. The monoisotopic (exact) mass is 638 g/mol. The van der Waals surface area contributed by atoms with Crippen molar-refractivity contribution in [1.82, 2.24) is 4.98 Å². The molecule has 1 N–H and O–H groups in total. The highest BCUT2D eigenvalue weighted by Crippen LogP contribution is 2.34. The molecule has 45 heavy (non-hydrogen) atoms. The van der Waals surface area contributed by atoms with Gasteiger partial charge in [0.2, 0.25) is 5.91 Å². The predicted molar refractivity (Wildman–Crippen MR) is 168 cm³/mol. The molecule has 0 saturated heterocycles. The number of carbonyl (C=O) groups excluding carboxylic acids is 3. The summed E-state index contributed by atoms with van der Waals surface area (Å²) in [5.74, 6) is -4.52. The molecule has 1 aliphatic carbocycles. The fourth-order valence-corrected chi connectivity index (χ4v) is 6.46. The maximum atomic E-state index is 15.4. The van der Waals surface area contributed by atoms with E-state index in [1.165, 1.54) is 0 Å². The summed E-state index contributed by atoms with van der Waals surface area (Å²) in [7, 11) is -3.63. The standard InChI is InChI=1S/C34H36F2N2O6S/c1-5-17-45(42,43)20-22-11-15-27(35)31(32(22)36)33(41)25-14-16-28-26(25)18-23(19-37-28)21-9-12-24(13-10-21)38-29(39)7-6-8-30(40)44-34(2,3)4/h9-15,18-19H,5-8,16-17,20H2,1-4H3,(H,38,39). The van der Waals surface area contributed by atoms with Crippen LogP contribution >= 0.6 is 0 Å². The smallest absolute Gasteiger partial charge is 0.306 e. The third-order valence-corrected chi connectivity index (χ3v) is 8.78. The normalized spacial score (nSPS) is 12.8. The van der Waals surface area contributed by atoms with Crippen molar-refractivity contribution in [3.05, 3.63) is 88.8 Å². The highest BCUT2D eigenvalue weighted by molar-refractivity contribution is 7.90. The zero-order valence-corrected chi connectivity index (χ0v) is 26.5. The molecular formula is C34H36F2N2O6S. The van der Waals surface area contributed by atoms with Gasteiger partial charge in [-0.1, -0.05) is 31.2 Å². The molecule has 11 heteroatoms. The molecule has 1 amide bonds. The second-order valence-electron chi connectivity index (χ2n) is 11.9. The molecule has 0 saturated carbocycles. The number of halogens is 2. The summed E-state index contributed by atoms with van der Waals surface area (Å²) in [4.78, 5) is 42.1. The number of amides is 1. The molecule has 0 radical (unpaired) electrons. The van der Waals surface area contributed by atoms with Crippen LogP contribution in [0, 0.1) is 11.6 Å². The summed E-state index contributed by atoms with van der Waals surface area (Å²) >= 11 is 0. The number of carbonyl (C=O) groups is 3. The van der Waals surface area contributed by atoms with E-state index in [1.54, 1.807) is 70.3 Å². The van der Waals surface area contributed by atoms with Gasteiger partial charge >= 0.3 is 5.97 Å². The Balaban J connectivity index is 1.46. The number of aromatic nitrogens is 1. The Bertz CT molecular complexity index is 1760. The molecule has 1 aromatic heterocycles. The van der Waals surface area contributed by atoms with Gasteiger partial charge in [-0.2, -0.15) is 0 Å². The minimum Gasteiger partial charge on any atom is -0.460 e. The van der Waals surface area contributed by atoms with Crippen molar-refractivity contribution < 1.29 is 36.3 Å². The number of esters is 1. The molecule has 0 spiro atoms. The van der Waals surface area contributed by atoms with E-state index in [4.69, 9.17) is 4.74 Å². The number of benzene rings is 2. The van der Waals surface area contributed by atoms with Gasteiger partial charge in [0.15, 0.2) is 15.6 Å². The molecule has 0 unspecified atom stereocenters. The molecule has 0 bridgehead atoms. The summed E-state index contributed by atoms with van der Waals surface area (Å²) in [6, 6.07) is 10.6. The number of pyridine rings is 1. The number of hydrogen-bond donors (Lipinski definition) is 1. The van der Waals surface area contributed by atoms with E-state index in [0.717, 1.165) is 17.7 Å². The number of fused-ring (bicyclic) bond motifs is 1. The van der Waals surface area contributed by atoms with Crippen LogP contribution in [-0.4, -0.2) is 42.4 Å². The fraction of sp³-hybridized carbons (Fsp3) is 0.353. The quantitative estimate of drug-likeness (QED) is 0.175. The predicted octanol–water partition coefficient (Wildman–Crippen LogP) is 6.62. The van der Waals surface area contributed by atoms with Crippen LogP contribution in [-0.2, 0) is 36.3 Å². The molecule has 1 heterocycles. The third kappa shape index (κ3) is 8.69. The van der Waals surface area contributed by atoms with Crippen LogP contribution in [0.1, 0.15) is 80.6 Å². The van der Waals surface area contributed by atoms with Gasteiger partial charge in [-0.3, -0.25) is 19.4 Å². The van der Waals surface area contributed by atoms with Crippen molar-refractivity contribution in [3.63, 3.8) is 0 Å². The van der Waals surface area contributed by atoms with E-state index < -0.39 is 44.2 Å². The van der Waals surface area contributed by atoms with Gasteiger partial charge in [-0.15, -0.1) is 0 Å². The molecule has 4 rings (SSSR count). The molecule has 0 aliphatic heterocycles. The number of ether oxygens (including phenoxy) is 1. The Morgan fingerprint density at radius 2 is 1.71 bits per heavy atom. The van der Waals surface area contributed by atoms with Gasteiger partial charge in [-0.25, -0.2) is 17.2 Å². The van der Waals surface area contributed by atoms with Crippen molar-refractivity contribution in [2.75, 3.05) is 11.1 Å². The molecule has 0 atom stereocenters. The lowest BCUT2D eigenvalue weighted by Crippen LogP contribution is -2.23. The Hall–Kier alpha value is -4.25. The van der Waals surface area contributed by atoms with E-state index in [0.29, 0.717) is 41.8 Å². The molecular weight excluding hydrogens is 602 g/mol. The summed E-state index contributed by atoms with van der Waals surface area (Å²) in [6.07, 6.45) is 4.48. The molecule has 8 nitrogen and oxygen atoms in total. The topological polar surface area (TPSA) is 119 Å². The van der Waals surface area contributed by atoms with Gasteiger partial charge in [0.1, 0.15) is 17.2 Å². The number of allylic oxidation sites excluding steroid dienone is 2. The third-order valence-electron chi connectivity index (χ3n) is 7.00. The minimum atomic E-state index is -3.63. The van der Waals surface area contributed by atoms with E-state index >= 15 is 4.39 Å². The van der Waals surface area contributed by atoms with Crippen molar-refractivity contribution >= 4 is 38.8 Å². The second-order valence-corrected chi connectivity index (χ2v) is 14.1. The van der Waals surface area contributed by atoms with E-state index in [2.05, 4.69) is 10.3 Å². The van der Waals surface area contributed by atoms with Crippen LogP contribution in [0.3, 0.4) is 0 Å². The zero-order chi connectivity index (χ0) is 32.9. The first-order valence-electron chi connectivity index (χ1n) is 14.7. The number of Topliss-reactive ketones (excluding diaryl/α,β-unsaturated/α-hetero) is 1. The van der Waals surface area contributed by atoms with Crippen molar-refractivity contribution in [2.45, 2.75) is 71.2 Å². The fourth-order valence-electron chi connectivity index (χ4n) is 5.00. The first kappa shape index (κ1) is 33.6. The number of rotatable bonds is 12. The summed E-state index contributed by atoms with van der Waals surface area (Å²) in [6.45, 7) is 7.03. The number of nitrogens with zero attached hydrogens (tertiary/aromatic N) is 1. The molecule has 2 aromatic carbocycles. The summed E-state index contributed by atoms with van der Waals surface area (Å²) in [5.41, 5.74) is 1.38. The van der Waals surface area contributed by atoms with E-state index in [1.807, 2.05) is 0 Å². The van der Waals surface area contributed by atoms with Crippen LogP contribution < -0.4 is 5.32 Å². The van der Waals surface area contributed by atoms with Crippen molar-refractivity contribution in [3.8, 4) is 11.1 Å². The first-order valence-corrected chi connectivity index (χ1v) is 16.5. The number of nitrogens with one attached hydrogen (secondary N) is 1. The number of sulfone groups is 1. The summed E-state index contributed by atoms with van der Waals surface area (Å²) in [5, 5.41) is 2.79. The molecule has 3 aromatic rings. The van der Waals surface area contributed by atoms with Crippen molar-refractivity contribution in [1.29, 1.82) is 0 Å². The summed E-state index contributed by atoms with van der Waals surface area (Å²) < 4.78 is 60.0. The van der Waals surface area contributed by atoms with Crippen LogP contribution in [0.5, 0.6) is 0 Å². The van der Waals surface area contributed by atoms with Gasteiger partial charge < -0.3 is 10.1 Å². The lowest BCUT2D eigenvalue weighted by molar-refractivity contribution is -0.154. The largest absolute Gasteiger partial charge is 0.460 e. The Labute approximate surface area is 261 Å². The van der Waals surface area contributed by atoms with Crippen LogP contribution in [0.15, 0.2) is 54.7 Å². The number of hydrogen-bond acceptors (Lipinski definition) is 7. The van der Waals surface area contributed by atoms with Crippen LogP contribution in [0.25, 0.3) is 16.7 Å². The van der Waals surface area contributed by atoms with Gasteiger partial charge in [0, 0.05) is 53.4 Å². The van der Waals surface area contributed by atoms with Gasteiger partial charge in [-0.05, 0) is 63.4 Å². The SMILES string of the molecule is CCCS(=O)(=O)Cc1ccc(F)c(C(=O)C2=CCc3ncc(-c4ccc(NC(=O)CCCC(=O)OC(C)(C)C)cc4)cc32)c1F. The molecule has 1 aliphatic rings. The van der Waals surface area contributed by atoms with Crippen LogP contribution in [0.4, 0.5) is 14.5 Å². The number of anilines is 1. The maximum absolute atomic E-state index is 15.4. The highest BCUT2D eigenvalue weighted by atomic mass is 32.2. The van der Waals surface area contributed by atoms with E-state index in [-0.39, 0.29) is 41.6 Å². The van der Waals surface area contributed by atoms with Crippen LogP contribution in [0.2, 0.25) is 0 Å². The molecule has 0 fully saturated rings.